The number of rotatable bonds is 29. The molecule has 0 saturated heterocycles. The lowest BCUT2D eigenvalue weighted by molar-refractivity contribution is -0.141. The molecule has 2 unspecified atom stereocenters. The van der Waals surface area contributed by atoms with E-state index in [9.17, 15) is 29.4 Å². The molecule has 0 aromatic rings. The molecule has 0 rings (SSSR count). The second-order valence-corrected chi connectivity index (χ2v) is 13.6. The summed E-state index contributed by atoms with van der Waals surface area (Å²) in [6.45, 7) is 2.84. The lowest BCUT2D eigenvalue weighted by atomic mass is 10.0. The van der Waals surface area contributed by atoms with Gasteiger partial charge >= 0.3 is 11.9 Å². The summed E-state index contributed by atoms with van der Waals surface area (Å²) in [4.78, 5) is 48.7. The maximum absolute atomic E-state index is 12.2. The van der Waals surface area contributed by atoms with Crippen molar-refractivity contribution in [3.63, 3.8) is 0 Å². The third-order valence-corrected chi connectivity index (χ3v) is 9.32. The van der Waals surface area contributed by atoms with Crippen molar-refractivity contribution in [1.29, 1.82) is 0 Å². The van der Waals surface area contributed by atoms with E-state index in [2.05, 4.69) is 29.6 Å². The summed E-state index contributed by atoms with van der Waals surface area (Å²) in [5.41, 5.74) is 0. The highest BCUT2D eigenvalue weighted by atomic mass is 33.1. The highest BCUT2D eigenvalue weighted by Gasteiger charge is 2.22. The zero-order chi connectivity index (χ0) is 30.7. The van der Waals surface area contributed by atoms with Crippen molar-refractivity contribution in [1.82, 2.24) is 15.5 Å². The molecule has 2 amide bonds. The quantitative estimate of drug-likeness (QED) is 0.0577. The molecule has 240 valence electrons. The highest BCUT2D eigenvalue weighted by Crippen LogP contribution is 2.23. The summed E-state index contributed by atoms with van der Waals surface area (Å²) in [7, 11) is 6.61. The molecule has 0 aliphatic carbocycles. The number of nitrogens with zero attached hydrogens (tertiary/aromatic N) is 1. The molecule has 0 bridgehead atoms. The van der Waals surface area contributed by atoms with Crippen LogP contribution in [0.15, 0.2) is 0 Å². The lowest BCUT2D eigenvalue weighted by Crippen LogP contribution is -2.43. The molecule has 2 atom stereocenters. The number of carboxylic acid groups (broad SMARTS) is 2. The van der Waals surface area contributed by atoms with Gasteiger partial charge in [-0.1, -0.05) is 118 Å². The molecule has 0 fully saturated rings. The van der Waals surface area contributed by atoms with Crippen LogP contribution in [-0.4, -0.2) is 83.1 Å². The van der Waals surface area contributed by atoms with Gasteiger partial charge in [0.25, 0.3) is 0 Å². The van der Waals surface area contributed by atoms with E-state index in [1.54, 1.807) is 6.92 Å². The Hall–Kier alpha value is -1.46. The molecule has 0 heterocycles. The third kappa shape index (κ3) is 25.9. The minimum Gasteiger partial charge on any atom is -0.480 e. The Morgan fingerprint density at radius 3 is 1.27 bits per heavy atom. The molecule has 0 aromatic heterocycles. The minimum absolute atomic E-state index is 0.101. The summed E-state index contributed by atoms with van der Waals surface area (Å²) in [5.74, 6) is -2.67. The number of hydrogen-bond donors (Lipinski definition) is 4. The number of hydrogen-bond acceptors (Lipinski definition) is 7. The fourth-order valence-electron chi connectivity index (χ4n) is 4.33. The van der Waals surface area contributed by atoms with Gasteiger partial charge in [-0.15, -0.1) is 0 Å². The van der Waals surface area contributed by atoms with E-state index in [1.807, 2.05) is 0 Å². The summed E-state index contributed by atoms with van der Waals surface area (Å²) < 4.78 is 0. The van der Waals surface area contributed by atoms with E-state index in [0.29, 0.717) is 6.42 Å². The van der Waals surface area contributed by atoms with Gasteiger partial charge in [0.05, 0.1) is 0 Å². The van der Waals surface area contributed by atoms with Crippen LogP contribution in [-0.2, 0) is 19.2 Å². The van der Waals surface area contributed by atoms with Gasteiger partial charge < -0.3 is 25.7 Å². The monoisotopic (exact) mass is 619 g/mol. The lowest BCUT2D eigenvalue weighted by Gasteiger charge is -2.16. The fraction of sp³-hybridized carbons (Fsp3) is 0.867. The normalized spacial score (nSPS) is 12.7. The first-order valence-electron chi connectivity index (χ1n) is 15.6. The SMILES string of the molecule is CCC(=O)NC(CSSCC(NC(=O)CCCCCCCCCCCCCCCCCCN(C)C)C(=O)O)C(=O)O. The second-order valence-electron chi connectivity index (χ2n) is 11.0. The standard InChI is InChI=1S/C30H57N3O6S2/c1-4-27(34)31-25(29(36)37)23-40-41-24-26(30(38)39)32-28(35)21-19-17-15-13-11-9-7-5-6-8-10-12-14-16-18-20-22-33(2)3/h25-26H,4-24H2,1-3H3,(H,31,34)(H,32,35)(H,36,37)(H,38,39). The van der Waals surface area contributed by atoms with Crippen LogP contribution in [0.25, 0.3) is 0 Å². The average Bonchev–Trinajstić information content (AvgIpc) is 2.92. The van der Waals surface area contributed by atoms with Gasteiger partial charge in [-0.05, 0) is 33.5 Å². The molecule has 0 aliphatic heterocycles. The van der Waals surface area contributed by atoms with Crippen LogP contribution in [0.2, 0.25) is 0 Å². The Bertz CT molecular complexity index is 712. The van der Waals surface area contributed by atoms with Gasteiger partial charge in [0.15, 0.2) is 0 Å². The molecule has 0 spiro atoms. The van der Waals surface area contributed by atoms with Crippen LogP contribution in [0.3, 0.4) is 0 Å². The molecular formula is C30H57N3O6S2. The Balaban J connectivity index is 3.70. The molecular weight excluding hydrogens is 562 g/mol. The topological polar surface area (TPSA) is 136 Å². The number of amides is 2. The van der Waals surface area contributed by atoms with E-state index in [1.165, 1.54) is 101 Å². The number of carbonyl (C=O) groups is 4. The first-order chi connectivity index (χ1) is 19.7. The van der Waals surface area contributed by atoms with E-state index in [0.717, 1.165) is 30.1 Å². The van der Waals surface area contributed by atoms with Gasteiger partial charge in [-0.2, -0.15) is 0 Å². The smallest absolute Gasteiger partial charge is 0.327 e. The summed E-state index contributed by atoms with van der Waals surface area (Å²) in [6.07, 6.45) is 20.5. The molecule has 0 radical (unpaired) electrons. The molecule has 9 nitrogen and oxygen atoms in total. The van der Waals surface area contributed by atoms with Gasteiger partial charge in [0.2, 0.25) is 11.8 Å². The van der Waals surface area contributed by atoms with Crippen LogP contribution >= 0.6 is 21.6 Å². The molecule has 4 N–H and O–H groups in total. The second kappa shape index (κ2) is 27.4. The van der Waals surface area contributed by atoms with Crippen molar-refractivity contribution in [2.75, 3.05) is 32.1 Å². The number of carbonyl (C=O) groups excluding carboxylic acids is 2. The molecule has 11 heteroatoms. The number of carboxylic acids is 2. The minimum atomic E-state index is -1.14. The zero-order valence-electron chi connectivity index (χ0n) is 25.8. The fourth-order valence-corrected chi connectivity index (χ4v) is 6.64. The van der Waals surface area contributed by atoms with Gasteiger partial charge in [-0.25, -0.2) is 9.59 Å². The number of nitrogens with one attached hydrogen (secondary N) is 2. The van der Waals surface area contributed by atoms with Crippen LogP contribution < -0.4 is 10.6 Å². The van der Waals surface area contributed by atoms with Crippen molar-refractivity contribution in [3.8, 4) is 0 Å². The first kappa shape index (κ1) is 39.5. The van der Waals surface area contributed by atoms with E-state index in [-0.39, 0.29) is 29.7 Å². The molecule has 0 aliphatic rings. The van der Waals surface area contributed by atoms with Crippen molar-refractivity contribution in [2.24, 2.45) is 0 Å². The van der Waals surface area contributed by atoms with Crippen LogP contribution in [0, 0.1) is 0 Å². The highest BCUT2D eigenvalue weighted by molar-refractivity contribution is 8.76. The summed E-state index contributed by atoms with van der Waals surface area (Å²) in [6, 6.07) is -2.07. The van der Waals surface area contributed by atoms with E-state index >= 15 is 0 Å². The number of unbranched alkanes of at least 4 members (excludes halogenated alkanes) is 15. The van der Waals surface area contributed by atoms with Crippen molar-refractivity contribution in [2.45, 2.75) is 135 Å². The maximum atomic E-state index is 12.2. The number of aliphatic carboxylic acids is 2. The van der Waals surface area contributed by atoms with Gasteiger partial charge in [-0.3, -0.25) is 9.59 Å². The zero-order valence-corrected chi connectivity index (χ0v) is 27.4. The van der Waals surface area contributed by atoms with Crippen molar-refractivity contribution in [3.05, 3.63) is 0 Å². The van der Waals surface area contributed by atoms with Crippen molar-refractivity contribution >= 4 is 45.3 Å². The predicted octanol–water partition coefficient (Wildman–Crippen LogP) is 6.11. The molecule has 0 saturated carbocycles. The van der Waals surface area contributed by atoms with Crippen molar-refractivity contribution < 1.29 is 29.4 Å². The Morgan fingerprint density at radius 1 is 0.585 bits per heavy atom. The molecule has 0 aromatic carbocycles. The largest absolute Gasteiger partial charge is 0.480 e. The van der Waals surface area contributed by atoms with Crippen LogP contribution in [0.4, 0.5) is 0 Å². The Kier molecular flexibility index (Phi) is 26.4. The van der Waals surface area contributed by atoms with Gasteiger partial charge in [0.1, 0.15) is 12.1 Å². The molecule has 41 heavy (non-hydrogen) atoms. The summed E-state index contributed by atoms with van der Waals surface area (Å²) in [5, 5.41) is 23.6. The van der Waals surface area contributed by atoms with E-state index in [4.69, 9.17) is 0 Å². The van der Waals surface area contributed by atoms with Crippen LogP contribution in [0.1, 0.15) is 122 Å². The Morgan fingerprint density at radius 2 is 0.927 bits per heavy atom. The first-order valence-corrected chi connectivity index (χ1v) is 18.1. The predicted molar refractivity (Wildman–Crippen MR) is 171 cm³/mol. The van der Waals surface area contributed by atoms with Gasteiger partial charge in [0, 0.05) is 24.3 Å². The summed E-state index contributed by atoms with van der Waals surface area (Å²) >= 11 is 0. The van der Waals surface area contributed by atoms with Crippen LogP contribution in [0.5, 0.6) is 0 Å². The Labute approximate surface area is 256 Å². The maximum Gasteiger partial charge on any atom is 0.327 e. The van der Waals surface area contributed by atoms with E-state index < -0.39 is 24.0 Å². The average molecular weight is 620 g/mol. The third-order valence-electron chi connectivity index (χ3n) is 6.90.